The van der Waals surface area contributed by atoms with Crippen LogP contribution in [0, 0.1) is 0 Å². The molecule has 2 rings (SSSR count). The highest BCUT2D eigenvalue weighted by Gasteiger charge is 2.29. The predicted molar refractivity (Wildman–Crippen MR) is 88.7 cm³/mol. The number of carbonyl (C=O) groups excluding carboxylic acids is 1. The summed E-state index contributed by atoms with van der Waals surface area (Å²) in [5, 5.41) is 2.64. The minimum absolute atomic E-state index is 0.0640. The van der Waals surface area contributed by atoms with Crippen molar-refractivity contribution in [3.63, 3.8) is 0 Å². The van der Waals surface area contributed by atoms with Gasteiger partial charge in [0.1, 0.15) is 5.75 Å². The molecule has 0 saturated heterocycles. The van der Waals surface area contributed by atoms with Crippen LogP contribution >= 0.6 is 0 Å². The summed E-state index contributed by atoms with van der Waals surface area (Å²) in [4.78, 5) is 12.4. The molecule has 0 saturated carbocycles. The fourth-order valence-electron chi connectivity index (χ4n) is 2.30. The Bertz CT molecular complexity index is 773. The third kappa shape index (κ3) is 4.38. The van der Waals surface area contributed by atoms with Crippen molar-refractivity contribution in [1.82, 2.24) is 5.32 Å². The van der Waals surface area contributed by atoms with Crippen molar-refractivity contribution in [3.05, 3.63) is 53.1 Å². The molecule has 0 aliphatic heterocycles. The number of methoxy groups -OCH3 is 3. The number of ether oxygens (including phenoxy) is 3. The molecule has 0 radical (unpaired) electrons. The van der Waals surface area contributed by atoms with Crippen molar-refractivity contribution in [1.29, 1.82) is 0 Å². The molecule has 26 heavy (non-hydrogen) atoms. The normalized spacial score (nSPS) is 11.0. The number of carbonyl (C=O) groups is 1. The second kappa shape index (κ2) is 7.99. The Kier molecular flexibility index (Phi) is 5.97. The molecular formula is C18H18F3NO4. The summed E-state index contributed by atoms with van der Waals surface area (Å²) >= 11 is 0. The van der Waals surface area contributed by atoms with Crippen molar-refractivity contribution in [2.45, 2.75) is 12.7 Å². The van der Waals surface area contributed by atoms with Gasteiger partial charge in [0.2, 0.25) is 0 Å². The lowest BCUT2D eigenvalue weighted by Gasteiger charge is -2.14. The molecule has 1 amide bonds. The van der Waals surface area contributed by atoms with Gasteiger partial charge in [-0.1, -0.05) is 12.1 Å². The Labute approximate surface area is 148 Å². The highest BCUT2D eigenvalue weighted by atomic mass is 19.4. The molecule has 0 heterocycles. The van der Waals surface area contributed by atoms with Gasteiger partial charge < -0.3 is 19.5 Å². The van der Waals surface area contributed by atoms with Crippen LogP contribution in [0.2, 0.25) is 0 Å². The summed E-state index contributed by atoms with van der Waals surface area (Å²) in [6.07, 6.45) is -4.39. The molecule has 0 fully saturated rings. The van der Waals surface area contributed by atoms with Gasteiger partial charge in [-0.2, -0.15) is 13.2 Å². The summed E-state index contributed by atoms with van der Waals surface area (Å²) in [6, 6.07) is 7.56. The maximum absolute atomic E-state index is 12.6. The van der Waals surface area contributed by atoms with Gasteiger partial charge in [0, 0.05) is 18.7 Å². The zero-order valence-corrected chi connectivity index (χ0v) is 14.4. The molecule has 0 bridgehead atoms. The van der Waals surface area contributed by atoms with E-state index in [9.17, 15) is 18.0 Å². The van der Waals surface area contributed by atoms with Crippen LogP contribution in [0.25, 0.3) is 0 Å². The molecule has 2 aromatic rings. The Morgan fingerprint density at radius 2 is 1.46 bits per heavy atom. The minimum Gasteiger partial charge on any atom is -0.496 e. The smallest absolute Gasteiger partial charge is 0.416 e. The average Bonchev–Trinajstić information content (AvgIpc) is 2.64. The predicted octanol–water partition coefficient (Wildman–Crippen LogP) is 3.66. The quantitative estimate of drug-likeness (QED) is 0.844. The Morgan fingerprint density at radius 3 is 1.96 bits per heavy atom. The van der Waals surface area contributed by atoms with Crippen molar-refractivity contribution in [2.24, 2.45) is 0 Å². The zero-order valence-electron chi connectivity index (χ0n) is 14.4. The summed E-state index contributed by atoms with van der Waals surface area (Å²) in [5.41, 5.74) is 0.0111. The van der Waals surface area contributed by atoms with E-state index in [0.717, 1.165) is 12.1 Å². The second-order valence-electron chi connectivity index (χ2n) is 5.28. The van der Waals surface area contributed by atoms with Crippen LogP contribution in [0.5, 0.6) is 17.2 Å². The maximum Gasteiger partial charge on any atom is 0.416 e. The molecule has 5 nitrogen and oxygen atoms in total. The molecule has 0 aromatic heterocycles. The van der Waals surface area contributed by atoms with Gasteiger partial charge in [-0.15, -0.1) is 0 Å². The molecule has 0 unspecified atom stereocenters. The molecule has 1 N–H and O–H groups in total. The van der Waals surface area contributed by atoms with E-state index in [1.54, 1.807) is 0 Å². The molecule has 140 valence electrons. The highest BCUT2D eigenvalue weighted by Crippen LogP contribution is 2.34. The van der Waals surface area contributed by atoms with Crippen molar-refractivity contribution in [3.8, 4) is 17.2 Å². The third-order valence-corrected chi connectivity index (χ3v) is 3.68. The summed E-state index contributed by atoms with van der Waals surface area (Å²) in [7, 11) is 4.31. The topological polar surface area (TPSA) is 56.8 Å². The molecular weight excluding hydrogens is 351 g/mol. The molecule has 2 aromatic carbocycles. The fourth-order valence-corrected chi connectivity index (χ4v) is 2.30. The number of rotatable bonds is 6. The van der Waals surface area contributed by atoms with Crippen molar-refractivity contribution in [2.75, 3.05) is 21.3 Å². The van der Waals surface area contributed by atoms with Crippen LogP contribution in [-0.2, 0) is 12.7 Å². The Hall–Kier alpha value is -2.90. The Balaban J connectivity index is 2.15. The lowest BCUT2D eigenvalue weighted by Crippen LogP contribution is -2.23. The van der Waals surface area contributed by atoms with Crippen LogP contribution in [0.3, 0.4) is 0 Å². The van der Waals surface area contributed by atoms with Crippen LogP contribution in [0.1, 0.15) is 21.5 Å². The SMILES string of the molecule is COc1cc(OC)c(C(=O)NCc2ccc(C(F)(F)F)cc2)cc1OC. The van der Waals surface area contributed by atoms with E-state index in [0.29, 0.717) is 17.1 Å². The monoisotopic (exact) mass is 369 g/mol. The van der Waals surface area contributed by atoms with Crippen molar-refractivity contribution >= 4 is 5.91 Å². The van der Waals surface area contributed by atoms with E-state index >= 15 is 0 Å². The van der Waals surface area contributed by atoms with E-state index in [-0.39, 0.29) is 17.9 Å². The van der Waals surface area contributed by atoms with E-state index in [4.69, 9.17) is 14.2 Å². The lowest BCUT2D eigenvalue weighted by atomic mass is 10.1. The van der Waals surface area contributed by atoms with Crippen LogP contribution < -0.4 is 19.5 Å². The van der Waals surface area contributed by atoms with Crippen molar-refractivity contribution < 1.29 is 32.2 Å². The number of alkyl halides is 3. The van der Waals surface area contributed by atoms with Crippen LogP contribution in [-0.4, -0.2) is 27.2 Å². The van der Waals surface area contributed by atoms with E-state index in [1.807, 2.05) is 0 Å². The number of nitrogens with one attached hydrogen (secondary N) is 1. The lowest BCUT2D eigenvalue weighted by molar-refractivity contribution is -0.137. The van der Waals surface area contributed by atoms with E-state index in [1.165, 1.54) is 45.6 Å². The summed E-state index contributed by atoms with van der Waals surface area (Å²) < 4.78 is 53.2. The molecule has 0 aliphatic rings. The first-order valence-electron chi connectivity index (χ1n) is 7.54. The number of hydrogen-bond acceptors (Lipinski definition) is 4. The average molecular weight is 369 g/mol. The van der Waals surface area contributed by atoms with Gasteiger partial charge in [-0.05, 0) is 17.7 Å². The van der Waals surface area contributed by atoms with Crippen LogP contribution in [0.4, 0.5) is 13.2 Å². The second-order valence-corrected chi connectivity index (χ2v) is 5.28. The molecule has 8 heteroatoms. The van der Waals surface area contributed by atoms with Gasteiger partial charge in [0.05, 0.1) is 32.5 Å². The first-order valence-corrected chi connectivity index (χ1v) is 7.54. The highest BCUT2D eigenvalue weighted by molar-refractivity contribution is 5.97. The van der Waals surface area contributed by atoms with Gasteiger partial charge >= 0.3 is 6.18 Å². The van der Waals surface area contributed by atoms with Crippen LogP contribution in [0.15, 0.2) is 36.4 Å². The first-order chi connectivity index (χ1) is 12.3. The fraction of sp³-hybridized carbons (Fsp3) is 0.278. The number of halogens is 3. The molecule has 0 aliphatic carbocycles. The third-order valence-electron chi connectivity index (χ3n) is 3.68. The zero-order chi connectivity index (χ0) is 19.3. The number of hydrogen-bond donors (Lipinski definition) is 1. The molecule has 0 atom stereocenters. The van der Waals surface area contributed by atoms with E-state index < -0.39 is 17.6 Å². The number of amides is 1. The largest absolute Gasteiger partial charge is 0.496 e. The summed E-state index contributed by atoms with van der Waals surface area (Å²) in [5.74, 6) is 0.590. The number of benzene rings is 2. The molecule has 0 spiro atoms. The van der Waals surface area contributed by atoms with Gasteiger partial charge in [-0.3, -0.25) is 4.79 Å². The summed E-state index contributed by atoms with van der Waals surface area (Å²) in [6.45, 7) is 0.0640. The van der Waals surface area contributed by atoms with Gasteiger partial charge in [-0.25, -0.2) is 0 Å². The maximum atomic E-state index is 12.6. The van der Waals surface area contributed by atoms with Gasteiger partial charge in [0.25, 0.3) is 5.91 Å². The first kappa shape index (κ1) is 19.4. The van der Waals surface area contributed by atoms with E-state index in [2.05, 4.69) is 5.32 Å². The minimum atomic E-state index is -4.39. The standard InChI is InChI=1S/C18H18F3NO4/c1-24-14-9-16(26-3)15(25-2)8-13(14)17(23)22-10-11-4-6-12(7-5-11)18(19,20)21/h4-9H,10H2,1-3H3,(H,22,23). The van der Waals surface area contributed by atoms with Gasteiger partial charge in [0.15, 0.2) is 11.5 Å². The Morgan fingerprint density at radius 1 is 0.923 bits per heavy atom.